The van der Waals surface area contributed by atoms with Gasteiger partial charge in [-0.2, -0.15) is 4.31 Å². The fourth-order valence-electron chi connectivity index (χ4n) is 3.72. The lowest BCUT2D eigenvalue weighted by Crippen LogP contribution is -2.34. The highest BCUT2D eigenvalue weighted by atomic mass is 32.2. The first kappa shape index (κ1) is 31.0. The van der Waals surface area contributed by atoms with E-state index in [2.05, 4.69) is 30.7 Å². The minimum absolute atomic E-state index is 0.109. The molecular formula is C27H43N3O3S2. The highest BCUT2D eigenvalue weighted by Gasteiger charge is 2.22. The van der Waals surface area contributed by atoms with Crippen molar-refractivity contribution in [2.75, 3.05) is 18.4 Å². The zero-order chi connectivity index (χ0) is 25.9. The molecule has 0 spiro atoms. The number of hydrogen-bond acceptors (Lipinski definition) is 4. The van der Waals surface area contributed by atoms with E-state index in [1.807, 2.05) is 0 Å². The van der Waals surface area contributed by atoms with Crippen molar-refractivity contribution in [3.8, 4) is 0 Å². The number of carbonyl (C=O) groups excluding carboxylic acids is 1. The summed E-state index contributed by atoms with van der Waals surface area (Å²) in [6, 6.07) is 6.25. The Hall–Kier alpha value is -2.03. The second-order valence-electron chi connectivity index (χ2n) is 8.71. The Labute approximate surface area is 218 Å². The van der Waals surface area contributed by atoms with Crippen LogP contribution in [0.3, 0.4) is 0 Å². The average Bonchev–Trinajstić information content (AvgIpc) is 2.82. The predicted octanol–water partition coefficient (Wildman–Crippen LogP) is 6.56. The molecule has 0 saturated carbocycles. The molecular weight excluding hydrogens is 478 g/mol. The number of rotatable bonds is 19. The highest BCUT2D eigenvalue weighted by molar-refractivity contribution is 7.89. The number of carbonyl (C=O) groups is 1. The average molecular weight is 522 g/mol. The predicted molar refractivity (Wildman–Crippen MR) is 151 cm³/mol. The lowest BCUT2D eigenvalue weighted by molar-refractivity contribution is -0.119. The Balaban J connectivity index is 2.31. The lowest BCUT2D eigenvalue weighted by atomic mass is 10.1. The number of nitrogens with zero attached hydrogens (tertiary/aromatic N) is 1. The monoisotopic (exact) mass is 521 g/mol. The first-order valence-electron chi connectivity index (χ1n) is 12.8. The third kappa shape index (κ3) is 13.0. The normalized spacial score (nSPS) is 11.3. The van der Waals surface area contributed by atoms with Crippen molar-refractivity contribution < 1.29 is 13.2 Å². The van der Waals surface area contributed by atoms with E-state index in [-0.39, 0.29) is 29.0 Å². The number of unbranched alkanes of at least 4 members (excludes halogenated alkanes) is 10. The fourth-order valence-corrected chi connectivity index (χ4v) is 5.33. The van der Waals surface area contributed by atoms with Crippen molar-refractivity contribution in [1.29, 1.82) is 0 Å². The molecule has 0 saturated heterocycles. The Morgan fingerprint density at radius 2 is 1.37 bits per heavy atom. The van der Waals surface area contributed by atoms with Crippen molar-refractivity contribution >= 4 is 38.9 Å². The fraction of sp³-hybridized carbons (Fsp3) is 0.556. The Morgan fingerprint density at radius 3 is 1.86 bits per heavy atom. The third-order valence-corrected chi connectivity index (χ3v) is 7.73. The van der Waals surface area contributed by atoms with Crippen LogP contribution in [-0.2, 0) is 14.8 Å². The van der Waals surface area contributed by atoms with E-state index in [1.165, 1.54) is 80.0 Å². The van der Waals surface area contributed by atoms with Gasteiger partial charge in [-0.3, -0.25) is 4.79 Å². The summed E-state index contributed by atoms with van der Waals surface area (Å²) in [5, 5.41) is 5.83. The second-order valence-corrected chi connectivity index (χ2v) is 11.1. The molecule has 6 nitrogen and oxygen atoms in total. The molecule has 0 fully saturated rings. The van der Waals surface area contributed by atoms with Crippen LogP contribution in [-0.4, -0.2) is 36.8 Å². The summed E-state index contributed by atoms with van der Waals surface area (Å²) in [6.07, 6.45) is 17.1. The van der Waals surface area contributed by atoms with E-state index in [0.717, 1.165) is 19.3 Å². The Bertz CT molecular complexity index is 873. The minimum Gasteiger partial charge on any atom is -0.332 e. The van der Waals surface area contributed by atoms with Gasteiger partial charge in [0.05, 0.1) is 4.90 Å². The standard InChI is InChI=1S/C27H43N3O3S2/c1-4-7-8-9-10-11-12-13-14-15-16-17-26(31)29-27(34)28-24-18-20-25(21-19-24)35(32,33)30(22-5-2)23-6-3/h5-6,18-21H,2-4,7-17,22-23H2,1H3,(H2,28,29,31,34). The molecule has 0 aliphatic carbocycles. The SMILES string of the molecule is C=CCN(CC=C)S(=O)(=O)c1ccc(NC(=S)NC(=O)CCCCCCCCCCCCC)cc1. The summed E-state index contributed by atoms with van der Waals surface area (Å²) in [7, 11) is -3.65. The molecule has 8 heteroatoms. The van der Waals surface area contributed by atoms with Gasteiger partial charge in [0.2, 0.25) is 15.9 Å². The quantitative estimate of drug-likeness (QED) is 0.122. The van der Waals surface area contributed by atoms with Crippen molar-refractivity contribution in [3.05, 3.63) is 49.6 Å². The largest absolute Gasteiger partial charge is 0.332 e. The van der Waals surface area contributed by atoms with Gasteiger partial charge in [0.1, 0.15) is 0 Å². The highest BCUT2D eigenvalue weighted by Crippen LogP contribution is 2.19. The van der Waals surface area contributed by atoms with Crippen LogP contribution in [0.25, 0.3) is 0 Å². The van der Waals surface area contributed by atoms with Crippen LogP contribution >= 0.6 is 12.2 Å². The number of amides is 1. The molecule has 1 amide bonds. The van der Waals surface area contributed by atoms with Gasteiger partial charge in [0.25, 0.3) is 0 Å². The number of nitrogens with one attached hydrogen (secondary N) is 2. The van der Waals surface area contributed by atoms with Gasteiger partial charge in [-0.05, 0) is 42.9 Å². The molecule has 1 aromatic carbocycles. The van der Waals surface area contributed by atoms with E-state index < -0.39 is 10.0 Å². The zero-order valence-corrected chi connectivity index (χ0v) is 22.9. The number of hydrogen-bond donors (Lipinski definition) is 2. The summed E-state index contributed by atoms with van der Waals surface area (Å²) in [4.78, 5) is 12.3. The van der Waals surface area contributed by atoms with E-state index in [4.69, 9.17) is 12.2 Å². The molecule has 0 aliphatic rings. The molecule has 2 N–H and O–H groups in total. The molecule has 1 aromatic rings. The van der Waals surface area contributed by atoms with Gasteiger partial charge >= 0.3 is 0 Å². The van der Waals surface area contributed by atoms with Crippen molar-refractivity contribution in [2.45, 2.75) is 88.9 Å². The maximum Gasteiger partial charge on any atom is 0.243 e. The number of thiocarbonyl (C=S) groups is 1. The maximum atomic E-state index is 12.8. The van der Waals surface area contributed by atoms with Gasteiger partial charge in [0, 0.05) is 25.2 Å². The summed E-state index contributed by atoms with van der Waals surface area (Å²) in [5.74, 6) is -0.109. The number of anilines is 1. The minimum atomic E-state index is -3.65. The second kappa shape index (κ2) is 18.3. The van der Waals surface area contributed by atoms with Gasteiger partial charge in [-0.1, -0.05) is 83.3 Å². The topological polar surface area (TPSA) is 78.5 Å². The Morgan fingerprint density at radius 1 is 0.886 bits per heavy atom. The molecule has 1 rings (SSSR count). The van der Waals surface area contributed by atoms with Crippen LogP contribution in [0.5, 0.6) is 0 Å². The summed E-state index contributed by atoms with van der Waals surface area (Å²) in [6.45, 7) is 9.86. The molecule has 0 unspecified atom stereocenters. The van der Waals surface area contributed by atoms with Crippen LogP contribution < -0.4 is 10.6 Å². The van der Waals surface area contributed by atoms with E-state index in [0.29, 0.717) is 12.1 Å². The third-order valence-electron chi connectivity index (χ3n) is 5.68. The number of benzene rings is 1. The molecule has 0 aromatic heterocycles. The van der Waals surface area contributed by atoms with Crippen molar-refractivity contribution in [1.82, 2.24) is 9.62 Å². The van der Waals surface area contributed by atoms with E-state index in [9.17, 15) is 13.2 Å². The molecule has 35 heavy (non-hydrogen) atoms. The first-order chi connectivity index (χ1) is 16.8. The molecule has 0 heterocycles. The van der Waals surface area contributed by atoms with Crippen LogP contribution in [0.2, 0.25) is 0 Å². The summed E-state index contributed by atoms with van der Waals surface area (Å²) < 4.78 is 26.8. The van der Waals surface area contributed by atoms with Crippen LogP contribution in [0.15, 0.2) is 54.5 Å². The van der Waals surface area contributed by atoms with Gasteiger partial charge in [0.15, 0.2) is 5.11 Å². The van der Waals surface area contributed by atoms with Gasteiger partial charge in [-0.15, -0.1) is 13.2 Å². The Kier molecular flexibility index (Phi) is 16.2. The lowest BCUT2D eigenvalue weighted by Gasteiger charge is -2.19. The first-order valence-corrected chi connectivity index (χ1v) is 14.6. The molecule has 196 valence electrons. The van der Waals surface area contributed by atoms with Crippen molar-refractivity contribution in [3.63, 3.8) is 0 Å². The maximum absolute atomic E-state index is 12.8. The molecule has 0 bridgehead atoms. The summed E-state index contributed by atoms with van der Waals surface area (Å²) >= 11 is 5.22. The molecule has 0 atom stereocenters. The van der Waals surface area contributed by atoms with E-state index >= 15 is 0 Å². The summed E-state index contributed by atoms with van der Waals surface area (Å²) in [5.41, 5.74) is 0.600. The molecule has 0 aliphatic heterocycles. The van der Waals surface area contributed by atoms with Gasteiger partial charge < -0.3 is 10.6 Å². The van der Waals surface area contributed by atoms with Crippen LogP contribution in [0.1, 0.15) is 84.0 Å². The van der Waals surface area contributed by atoms with Crippen molar-refractivity contribution in [2.24, 2.45) is 0 Å². The smallest absolute Gasteiger partial charge is 0.243 e. The zero-order valence-electron chi connectivity index (χ0n) is 21.3. The number of sulfonamides is 1. The van der Waals surface area contributed by atoms with Crippen LogP contribution in [0.4, 0.5) is 5.69 Å². The van der Waals surface area contributed by atoms with Gasteiger partial charge in [-0.25, -0.2) is 8.42 Å². The van der Waals surface area contributed by atoms with Crippen LogP contribution in [0, 0.1) is 0 Å². The van der Waals surface area contributed by atoms with E-state index in [1.54, 1.807) is 12.1 Å². The molecule has 0 radical (unpaired) electrons.